The van der Waals surface area contributed by atoms with Crippen molar-refractivity contribution in [3.05, 3.63) is 0 Å². The Labute approximate surface area is 86.7 Å². The molecule has 0 saturated heterocycles. The summed E-state index contributed by atoms with van der Waals surface area (Å²) < 4.78 is 15.7. The third-order valence-corrected chi connectivity index (χ3v) is 2.86. The first kappa shape index (κ1) is 12.0. The van der Waals surface area contributed by atoms with Gasteiger partial charge in [0.15, 0.2) is 6.29 Å². The van der Waals surface area contributed by atoms with Gasteiger partial charge in [0.2, 0.25) is 0 Å². The number of rotatable bonds is 6. The molecule has 0 radical (unpaired) electrons. The van der Waals surface area contributed by atoms with Crippen molar-refractivity contribution in [2.45, 2.75) is 38.4 Å². The molecule has 0 bridgehead atoms. The number of hydrogen-bond donors (Lipinski definition) is 0. The summed E-state index contributed by atoms with van der Waals surface area (Å²) in [6.07, 6.45) is 6.57. The van der Waals surface area contributed by atoms with Gasteiger partial charge in [-0.1, -0.05) is 19.3 Å². The van der Waals surface area contributed by atoms with Gasteiger partial charge < -0.3 is 14.2 Å². The second-order valence-electron chi connectivity index (χ2n) is 3.94. The van der Waals surface area contributed by atoms with Crippen LogP contribution in [0.25, 0.3) is 0 Å². The van der Waals surface area contributed by atoms with Crippen molar-refractivity contribution in [2.75, 3.05) is 27.4 Å². The van der Waals surface area contributed by atoms with Gasteiger partial charge in [-0.2, -0.15) is 0 Å². The summed E-state index contributed by atoms with van der Waals surface area (Å²) >= 11 is 0. The van der Waals surface area contributed by atoms with Crippen molar-refractivity contribution >= 4 is 0 Å². The molecule has 0 atom stereocenters. The first-order chi connectivity index (χ1) is 6.86. The number of hydrogen-bond acceptors (Lipinski definition) is 3. The van der Waals surface area contributed by atoms with E-state index in [1.54, 1.807) is 14.2 Å². The molecule has 0 heterocycles. The van der Waals surface area contributed by atoms with Gasteiger partial charge in [0.1, 0.15) is 0 Å². The summed E-state index contributed by atoms with van der Waals surface area (Å²) in [7, 11) is 3.27. The summed E-state index contributed by atoms with van der Waals surface area (Å²) in [6, 6.07) is 0. The van der Waals surface area contributed by atoms with E-state index in [2.05, 4.69) is 0 Å². The first-order valence-corrected chi connectivity index (χ1v) is 5.50. The molecule has 0 amide bonds. The fourth-order valence-corrected chi connectivity index (χ4v) is 1.92. The Morgan fingerprint density at radius 3 is 2.29 bits per heavy atom. The number of ether oxygens (including phenoxy) is 3. The zero-order valence-electron chi connectivity index (χ0n) is 9.33. The van der Waals surface area contributed by atoms with Gasteiger partial charge in [-0.05, 0) is 18.8 Å². The number of methoxy groups -OCH3 is 2. The average molecular weight is 202 g/mol. The maximum absolute atomic E-state index is 5.57. The maximum atomic E-state index is 5.57. The largest absolute Gasteiger partial charge is 0.376 e. The highest BCUT2D eigenvalue weighted by molar-refractivity contribution is 4.64. The molecular formula is C11H22O3. The van der Waals surface area contributed by atoms with E-state index in [0.29, 0.717) is 6.61 Å². The summed E-state index contributed by atoms with van der Waals surface area (Å²) in [5.41, 5.74) is 0. The van der Waals surface area contributed by atoms with Gasteiger partial charge in [-0.15, -0.1) is 0 Å². The molecule has 1 aliphatic carbocycles. The fourth-order valence-electron chi connectivity index (χ4n) is 1.92. The normalized spacial score (nSPS) is 19.1. The predicted molar refractivity (Wildman–Crippen MR) is 55.2 cm³/mol. The summed E-state index contributed by atoms with van der Waals surface area (Å²) in [4.78, 5) is 0. The van der Waals surface area contributed by atoms with E-state index in [4.69, 9.17) is 14.2 Å². The van der Waals surface area contributed by atoms with Gasteiger partial charge in [0.25, 0.3) is 0 Å². The van der Waals surface area contributed by atoms with Gasteiger partial charge in [0.05, 0.1) is 6.61 Å². The van der Waals surface area contributed by atoms with Crippen LogP contribution < -0.4 is 0 Å². The van der Waals surface area contributed by atoms with Gasteiger partial charge in [-0.3, -0.25) is 0 Å². The van der Waals surface area contributed by atoms with Crippen molar-refractivity contribution in [3.8, 4) is 0 Å². The fraction of sp³-hybridized carbons (Fsp3) is 1.00. The van der Waals surface area contributed by atoms with E-state index in [0.717, 1.165) is 12.5 Å². The Morgan fingerprint density at radius 2 is 1.71 bits per heavy atom. The van der Waals surface area contributed by atoms with Crippen molar-refractivity contribution in [3.63, 3.8) is 0 Å². The standard InChI is InChI=1S/C11H22O3/c1-12-11(13-2)9-14-8-10-6-4-3-5-7-10/h10-11H,3-9H2,1-2H3. The molecule has 3 heteroatoms. The van der Waals surface area contributed by atoms with Crippen LogP contribution in [-0.4, -0.2) is 33.7 Å². The molecule has 0 N–H and O–H groups in total. The Hall–Kier alpha value is -0.120. The molecule has 1 fully saturated rings. The molecule has 0 aromatic rings. The molecule has 1 rings (SSSR count). The van der Waals surface area contributed by atoms with Crippen molar-refractivity contribution in [1.82, 2.24) is 0 Å². The van der Waals surface area contributed by atoms with Crippen molar-refractivity contribution < 1.29 is 14.2 Å². The Balaban J connectivity index is 2.01. The molecule has 84 valence electrons. The van der Waals surface area contributed by atoms with E-state index in [9.17, 15) is 0 Å². The second-order valence-corrected chi connectivity index (χ2v) is 3.94. The van der Waals surface area contributed by atoms with E-state index in [1.165, 1.54) is 32.1 Å². The van der Waals surface area contributed by atoms with Crippen LogP contribution in [0.5, 0.6) is 0 Å². The smallest absolute Gasteiger partial charge is 0.180 e. The van der Waals surface area contributed by atoms with Crippen LogP contribution in [0.2, 0.25) is 0 Å². The molecule has 0 aromatic heterocycles. The van der Waals surface area contributed by atoms with Crippen LogP contribution >= 0.6 is 0 Å². The van der Waals surface area contributed by atoms with E-state index < -0.39 is 0 Å². The van der Waals surface area contributed by atoms with Crippen molar-refractivity contribution in [2.24, 2.45) is 5.92 Å². The monoisotopic (exact) mass is 202 g/mol. The quantitative estimate of drug-likeness (QED) is 0.618. The zero-order chi connectivity index (χ0) is 10.2. The Morgan fingerprint density at radius 1 is 1.07 bits per heavy atom. The molecule has 1 saturated carbocycles. The highest BCUT2D eigenvalue weighted by Crippen LogP contribution is 2.23. The SMILES string of the molecule is COC(COCC1CCCCC1)OC. The lowest BCUT2D eigenvalue weighted by Gasteiger charge is -2.22. The minimum Gasteiger partial charge on any atom is -0.376 e. The molecule has 0 aliphatic heterocycles. The first-order valence-electron chi connectivity index (χ1n) is 5.50. The highest BCUT2D eigenvalue weighted by Gasteiger charge is 2.14. The molecule has 0 spiro atoms. The lowest BCUT2D eigenvalue weighted by atomic mass is 9.90. The lowest BCUT2D eigenvalue weighted by Crippen LogP contribution is -2.23. The molecule has 0 aromatic carbocycles. The van der Waals surface area contributed by atoms with Crippen LogP contribution in [-0.2, 0) is 14.2 Å². The van der Waals surface area contributed by atoms with Gasteiger partial charge in [-0.25, -0.2) is 0 Å². The average Bonchev–Trinajstić information content (AvgIpc) is 2.26. The van der Waals surface area contributed by atoms with Crippen LogP contribution in [0.1, 0.15) is 32.1 Å². The maximum Gasteiger partial charge on any atom is 0.180 e. The van der Waals surface area contributed by atoms with Crippen LogP contribution in [0.15, 0.2) is 0 Å². The van der Waals surface area contributed by atoms with Crippen LogP contribution in [0.4, 0.5) is 0 Å². The minimum atomic E-state index is -0.210. The third kappa shape index (κ3) is 4.40. The van der Waals surface area contributed by atoms with E-state index in [-0.39, 0.29) is 6.29 Å². The molecular weight excluding hydrogens is 180 g/mol. The summed E-state index contributed by atoms with van der Waals surface area (Å²) in [5, 5.41) is 0. The third-order valence-electron chi connectivity index (χ3n) is 2.86. The lowest BCUT2D eigenvalue weighted by molar-refractivity contribution is -0.143. The van der Waals surface area contributed by atoms with Gasteiger partial charge >= 0.3 is 0 Å². The van der Waals surface area contributed by atoms with Crippen LogP contribution in [0, 0.1) is 5.92 Å². The molecule has 14 heavy (non-hydrogen) atoms. The summed E-state index contributed by atoms with van der Waals surface area (Å²) in [5.74, 6) is 0.762. The van der Waals surface area contributed by atoms with E-state index >= 15 is 0 Å². The minimum absolute atomic E-state index is 0.210. The van der Waals surface area contributed by atoms with Crippen LogP contribution in [0.3, 0.4) is 0 Å². The molecule has 0 unspecified atom stereocenters. The summed E-state index contributed by atoms with van der Waals surface area (Å²) in [6.45, 7) is 1.41. The van der Waals surface area contributed by atoms with Crippen molar-refractivity contribution in [1.29, 1.82) is 0 Å². The Bertz CT molecular complexity index is 128. The predicted octanol–water partition coefficient (Wildman–Crippen LogP) is 2.20. The molecule has 1 aliphatic rings. The highest BCUT2D eigenvalue weighted by atomic mass is 16.7. The topological polar surface area (TPSA) is 27.7 Å². The molecule has 3 nitrogen and oxygen atoms in total. The Kier molecular flexibility index (Phi) is 6.15. The van der Waals surface area contributed by atoms with E-state index in [1.807, 2.05) is 0 Å². The second kappa shape index (κ2) is 7.21. The zero-order valence-corrected chi connectivity index (χ0v) is 9.33. The van der Waals surface area contributed by atoms with Gasteiger partial charge in [0, 0.05) is 20.8 Å².